The number of halogens is 2. The van der Waals surface area contributed by atoms with E-state index in [-0.39, 0.29) is 17.3 Å². The van der Waals surface area contributed by atoms with Gasteiger partial charge in [-0.05, 0) is 68.0 Å². The third-order valence-electron chi connectivity index (χ3n) is 7.92. The number of rotatable bonds is 8. The molecule has 1 saturated carbocycles. The Hall–Kier alpha value is -3.52. The molecule has 2 fully saturated rings. The minimum Gasteiger partial charge on any atom is -0.485 e. The van der Waals surface area contributed by atoms with E-state index in [2.05, 4.69) is 9.88 Å². The number of carboxylic acids is 1. The summed E-state index contributed by atoms with van der Waals surface area (Å²) < 4.78 is 42.8. The monoisotopic (exact) mass is 594 g/mol. The highest BCUT2D eigenvalue weighted by atomic mass is 19.1. The maximum absolute atomic E-state index is 16.3. The molecule has 0 bridgehead atoms. The van der Waals surface area contributed by atoms with Crippen LogP contribution in [0.5, 0.6) is 11.6 Å². The van der Waals surface area contributed by atoms with Gasteiger partial charge >= 0.3 is 5.97 Å². The van der Waals surface area contributed by atoms with Crippen molar-refractivity contribution in [1.29, 1.82) is 0 Å². The second-order valence-electron chi connectivity index (χ2n) is 11.3. The van der Waals surface area contributed by atoms with Crippen LogP contribution in [0.2, 0.25) is 0 Å². The van der Waals surface area contributed by atoms with Gasteiger partial charge in [-0.3, -0.25) is 9.69 Å². The molecule has 0 amide bonds. The van der Waals surface area contributed by atoms with Gasteiger partial charge in [-0.25, -0.2) is 13.8 Å². The predicted octanol–water partition coefficient (Wildman–Crippen LogP) is 8.16. The van der Waals surface area contributed by atoms with Crippen molar-refractivity contribution in [1.82, 2.24) is 9.88 Å². The van der Waals surface area contributed by atoms with Gasteiger partial charge in [-0.2, -0.15) is 0 Å². The number of aliphatic carboxylic acids is 1. The molecule has 0 spiro atoms. The van der Waals surface area contributed by atoms with Crippen molar-refractivity contribution in [3.63, 3.8) is 0 Å². The van der Waals surface area contributed by atoms with E-state index >= 15 is 4.39 Å². The molecular weight excluding hydrogens is 550 g/mol. The van der Waals surface area contributed by atoms with Crippen molar-refractivity contribution in [2.45, 2.75) is 84.8 Å². The lowest BCUT2D eigenvalue weighted by atomic mass is 9.91. The molecule has 2 aromatic carbocycles. The number of aryl methyl sites for hydroxylation is 1. The first kappa shape index (κ1) is 32.4. The van der Waals surface area contributed by atoms with Crippen LogP contribution < -0.4 is 9.47 Å². The Kier molecular flexibility index (Phi) is 11.5. The Morgan fingerprint density at radius 1 is 1.07 bits per heavy atom. The molecule has 6 rings (SSSR count). The topological polar surface area (TPSA) is 71.9 Å². The zero-order chi connectivity index (χ0) is 30.9. The normalized spacial score (nSPS) is 17.8. The first-order chi connectivity index (χ1) is 20.8. The molecule has 1 N–H and O–H groups in total. The first-order valence-electron chi connectivity index (χ1n) is 15.6. The summed E-state index contributed by atoms with van der Waals surface area (Å²) in [6.07, 6.45) is 8.92. The number of carbonyl (C=O) groups is 1. The number of carboxylic acid groups (broad SMARTS) is 1. The van der Waals surface area contributed by atoms with E-state index in [0.29, 0.717) is 48.2 Å². The summed E-state index contributed by atoms with van der Waals surface area (Å²) in [7, 11) is 1.46. The van der Waals surface area contributed by atoms with Crippen molar-refractivity contribution in [2.24, 2.45) is 5.92 Å². The molecule has 43 heavy (non-hydrogen) atoms. The predicted molar refractivity (Wildman–Crippen MR) is 164 cm³/mol. The van der Waals surface area contributed by atoms with Crippen LogP contribution >= 0.6 is 0 Å². The molecule has 1 aliphatic carbocycles. The number of pyridine rings is 1. The fourth-order valence-corrected chi connectivity index (χ4v) is 5.40. The molecule has 3 aromatic rings. The quantitative estimate of drug-likeness (QED) is 0.284. The van der Waals surface area contributed by atoms with E-state index < -0.39 is 23.8 Å². The number of nitrogens with zero attached hydrogens (tertiary/aromatic N) is 2. The molecule has 2 aliphatic heterocycles. The number of benzene rings is 2. The van der Waals surface area contributed by atoms with Gasteiger partial charge in [0.25, 0.3) is 0 Å². The number of ether oxygens (including phenoxy) is 2. The van der Waals surface area contributed by atoms with Crippen LogP contribution in [-0.2, 0) is 24.2 Å². The second kappa shape index (κ2) is 15.3. The van der Waals surface area contributed by atoms with Crippen molar-refractivity contribution in [3.8, 4) is 22.8 Å². The van der Waals surface area contributed by atoms with E-state index in [1.807, 2.05) is 32.0 Å². The summed E-state index contributed by atoms with van der Waals surface area (Å²) in [6.45, 7) is 7.79. The lowest BCUT2D eigenvalue weighted by Gasteiger charge is -2.29. The molecule has 0 radical (unpaired) electrons. The van der Waals surface area contributed by atoms with E-state index in [4.69, 9.17) is 9.47 Å². The van der Waals surface area contributed by atoms with Gasteiger partial charge in [0.2, 0.25) is 5.88 Å². The van der Waals surface area contributed by atoms with Gasteiger partial charge in [0.15, 0.2) is 0 Å². The highest BCUT2D eigenvalue weighted by Gasteiger charge is 2.28. The Bertz CT molecular complexity index is 1390. The summed E-state index contributed by atoms with van der Waals surface area (Å²) in [5.41, 5.74) is 3.51. The van der Waals surface area contributed by atoms with Gasteiger partial charge in [0.1, 0.15) is 23.5 Å². The van der Waals surface area contributed by atoms with Crippen LogP contribution in [-0.4, -0.2) is 41.2 Å². The van der Waals surface area contributed by atoms with Gasteiger partial charge < -0.3 is 14.6 Å². The molecule has 1 saturated heterocycles. The molecular formula is C35H44F2N2O4. The molecule has 2 unspecified atom stereocenters. The summed E-state index contributed by atoms with van der Waals surface area (Å²) in [5.74, 6) is -1.36. The summed E-state index contributed by atoms with van der Waals surface area (Å²) in [5, 5.41) is 9.27. The maximum atomic E-state index is 16.3. The average molecular weight is 595 g/mol. The number of fused-ring (bicyclic) bond motifs is 1. The Balaban J connectivity index is 0.000000782. The zero-order valence-corrected chi connectivity index (χ0v) is 25.8. The van der Waals surface area contributed by atoms with Gasteiger partial charge in [-0.1, -0.05) is 64.3 Å². The molecule has 3 aliphatic rings. The van der Waals surface area contributed by atoms with Crippen molar-refractivity contribution in [3.05, 3.63) is 76.5 Å². The van der Waals surface area contributed by atoms with Crippen molar-refractivity contribution in [2.75, 3.05) is 20.2 Å². The fourth-order valence-electron chi connectivity index (χ4n) is 5.40. The van der Waals surface area contributed by atoms with Crippen LogP contribution in [0.15, 0.2) is 42.6 Å². The SMILES string of the molecule is C1CC1.CC.COc1cc(-c2ccc(C3CCc4ccc(CC(C)C(=O)O)cc4O3)c(F)c2CN2CCCC2)c(F)cn1. The molecule has 8 heteroatoms. The van der Waals surface area contributed by atoms with Crippen LogP contribution in [0.25, 0.3) is 11.1 Å². The summed E-state index contributed by atoms with van der Waals surface area (Å²) in [6, 6.07) is 10.7. The van der Waals surface area contributed by atoms with E-state index in [9.17, 15) is 14.3 Å². The van der Waals surface area contributed by atoms with Gasteiger partial charge in [-0.15, -0.1) is 0 Å². The summed E-state index contributed by atoms with van der Waals surface area (Å²) in [4.78, 5) is 17.4. The van der Waals surface area contributed by atoms with Crippen LogP contribution in [0.3, 0.4) is 0 Å². The smallest absolute Gasteiger partial charge is 0.306 e. The molecule has 1 aromatic heterocycles. The largest absolute Gasteiger partial charge is 0.485 e. The van der Waals surface area contributed by atoms with E-state index in [0.717, 1.165) is 43.3 Å². The average Bonchev–Trinajstić information content (AvgIpc) is 3.82. The highest BCUT2D eigenvalue weighted by molar-refractivity contribution is 5.70. The van der Waals surface area contributed by atoms with E-state index in [1.54, 1.807) is 19.1 Å². The molecule has 3 heterocycles. The van der Waals surface area contributed by atoms with Crippen LogP contribution in [0.1, 0.15) is 87.7 Å². The Labute approximate surface area is 254 Å². The number of hydrogen-bond acceptors (Lipinski definition) is 5. The summed E-state index contributed by atoms with van der Waals surface area (Å²) >= 11 is 0. The second-order valence-corrected chi connectivity index (χ2v) is 11.3. The number of likely N-dealkylation sites (tertiary alicyclic amines) is 1. The highest BCUT2D eigenvalue weighted by Crippen LogP contribution is 2.40. The Morgan fingerprint density at radius 2 is 1.79 bits per heavy atom. The Morgan fingerprint density at radius 3 is 2.44 bits per heavy atom. The van der Waals surface area contributed by atoms with Gasteiger partial charge in [0, 0.05) is 29.3 Å². The van der Waals surface area contributed by atoms with Gasteiger partial charge in [0.05, 0.1) is 19.2 Å². The number of methoxy groups -OCH3 is 1. The lowest BCUT2D eigenvalue weighted by Crippen LogP contribution is -2.22. The minimum absolute atomic E-state index is 0.253. The standard InChI is InChI=1S/C30H32F2N2O4.C3H6.C2H6/c1-18(30(35)36)13-19-5-6-20-7-10-26(38-27(20)14-19)22-9-8-21(23-15-28(37-2)33-16-25(23)31)24(29(22)32)17-34-11-3-4-12-34;1-2-3-1;1-2/h5-6,8-9,14-16,18,26H,3-4,7,10-13,17H2,1-2H3,(H,35,36);1-3H2;1-2H3. The van der Waals surface area contributed by atoms with E-state index in [1.165, 1.54) is 32.4 Å². The lowest BCUT2D eigenvalue weighted by molar-refractivity contribution is -0.141. The van der Waals surface area contributed by atoms with Crippen molar-refractivity contribution < 1.29 is 28.2 Å². The third kappa shape index (κ3) is 8.31. The maximum Gasteiger partial charge on any atom is 0.306 e. The fraction of sp³-hybridized carbons (Fsp3) is 0.486. The zero-order valence-electron chi connectivity index (χ0n) is 25.8. The van der Waals surface area contributed by atoms with Crippen molar-refractivity contribution >= 4 is 5.97 Å². The van der Waals surface area contributed by atoms with Crippen LogP contribution in [0.4, 0.5) is 8.78 Å². The first-order valence-corrected chi connectivity index (χ1v) is 15.6. The van der Waals surface area contributed by atoms with Crippen LogP contribution in [0, 0.1) is 17.6 Å². The molecule has 6 nitrogen and oxygen atoms in total. The number of aromatic nitrogens is 1. The minimum atomic E-state index is -0.850. The third-order valence-corrected chi connectivity index (χ3v) is 7.92. The number of hydrogen-bond donors (Lipinski definition) is 1. The molecule has 232 valence electrons. The molecule has 2 atom stereocenters.